The Labute approximate surface area is 428 Å². The second-order valence-corrected chi connectivity index (χ2v) is 20.4. The summed E-state index contributed by atoms with van der Waals surface area (Å²) in [6.07, 6.45) is 0. The van der Waals surface area contributed by atoms with Crippen molar-refractivity contribution >= 4 is 53.9 Å². The summed E-state index contributed by atoms with van der Waals surface area (Å²) in [5.74, 6) is 0. The van der Waals surface area contributed by atoms with Gasteiger partial charge in [0, 0.05) is 0 Å². The van der Waals surface area contributed by atoms with Crippen LogP contribution in [0.2, 0.25) is 0 Å². The number of hydrogen-bond acceptors (Lipinski definition) is 0. The molecule has 0 unspecified atom stereocenters. The molecule has 0 fully saturated rings. The third-order valence-corrected chi connectivity index (χ3v) is 17.0. The van der Waals surface area contributed by atoms with Crippen LogP contribution >= 0.6 is 0 Å². The van der Waals surface area contributed by atoms with Crippen molar-refractivity contribution in [3.63, 3.8) is 0 Å². The predicted octanol–water partition coefficient (Wildman–Crippen LogP) is 20.7. The number of benzene rings is 14. The summed E-state index contributed by atoms with van der Waals surface area (Å²) in [5, 5.41) is 13.4. The van der Waals surface area contributed by atoms with E-state index in [4.69, 9.17) is 0 Å². The smallest absolute Gasteiger partial charge is 0.00201 e. The minimum absolute atomic E-state index is 1.28. The van der Waals surface area contributed by atoms with Crippen molar-refractivity contribution in [2.45, 2.75) is 0 Å². The first-order valence-electron chi connectivity index (χ1n) is 25.9. The molecule has 0 saturated carbocycles. The highest BCUT2D eigenvalue weighted by Crippen LogP contribution is 2.55. The molecule has 4 aliphatic rings. The topological polar surface area (TPSA) is 0 Å². The standard InChI is InChI=1S/C42H24.C32H18/c1-2-10-26-25(9-1)31(33-21-23-39-29-13-5-3-11-27(29)35-15-7-17-37(33)41(35)39)19-20-32(26)34-22-24-40-30-14-6-4-12-28(30)36-16-8-18-38(34)42(36)40;1-3-9-21-19(7-1)25-11-5-13-27-23(15-17-29(21)31(25)27)24-16-18-30-22-10-4-2-8-20(22)26-12-6-14-28(24)32(26)30/h1-24H;1-18H. The highest BCUT2D eigenvalue weighted by molar-refractivity contribution is 6.25. The van der Waals surface area contributed by atoms with E-state index >= 15 is 0 Å². The summed E-state index contributed by atoms with van der Waals surface area (Å²) < 4.78 is 0. The lowest BCUT2D eigenvalue weighted by Crippen LogP contribution is -1.89. The maximum atomic E-state index is 2.35. The van der Waals surface area contributed by atoms with E-state index in [0.29, 0.717) is 0 Å². The Balaban J connectivity index is 0.000000126. The third-order valence-electron chi connectivity index (χ3n) is 17.0. The molecule has 0 radical (unpaired) electrons. The second-order valence-electron chi connectivity index (χ2n) is 20.4. The molecule has 0 heteroatoms. The molecule has 338 valence electrons. The Morgan fingerprint density at radius 2 is 0.243 bits per heavy atom. The van der Waals surface area contributed by atoms with Crippen LogP contribution in [0.1, 0.15) is 0 Å². The van der Waals surface area contributed by atoms with Crippen molar-refractivity contribution in [1.29, 1.82) is 0 Å². The molecule has 0 nitrogen and oxygen atoms in total. The molecule has 0 spiro atoms. The molecular weight excluding hydrogens is 889 g/mol. The second kappa shape index (κ2) is 15.0. The fraction of sp³-hybridized carbons (Fsp3) is 0. The normalized spacial score (nSPS) is 12.3. The molecule has 74 heavy (non-hydrogen) atoms. The molecule has 0 saturated heterocycles. The maximum Gasteiger partial charge on any atom is -0.00201 e. The minimum atomic E-state index is 1.28. The molecule has 4 aliphatic carbocycles. The van der Waals surface area contributed by atoms with Gasteiger partial charge in [0.25, 0.3) is 0 Å². The number of hydrogen-bond donors (Lipinski definition) is 0. The number of fused-ring (bicyclic) bond motifs is 13. The van der Waals surface area contributed by atoms with Gasteiger partial charge in [0.1, 0.15) is 0 Å². The van der Waals surface area contributed by atoms with Crippen LogP contribution in [-0.4, -0.2) is 0 Å². The van der Waals surface area contributed by atoms with Crippen LogP contribution in [-0.2, 0) is 0 Å². The minimum Gasteiger partial charge on any atom is -0.0616 e. The van der Waals surface area contributed by atoms with Crippen molar-refractivity contribution in [2.24, 2.45) is 0 Å². The zero-order chi connectivity index (χ0) is 48.2. The van der Waals surface area contributed by atoms with Gasteiger partial charge in [-0.1, -0.05) is 255 Å². The van der Waals surface area contributed by atoms with Crippen LogP contribution in [0.15, 0.2) is 255 Å². The van der Waals surface area contributed by atoms with Gasteiger partial charge in [-0.2, -0.15) is 0 Å². The SMILES string of the molecule is c1ccc2c(c1)-c1cccc3c(-c4ccc(-c5ccc6c7c(cccc57)-c5ccccc5-6)c5ccccc45)ccc-2c13.c1ccc2c(c1)-c1cccc3c(-c4ccc5c6c(cccc46)-c4ccccc4-5)ccc-2c13. The summed E-state index contributed by atoms with van der Waals surface area (Å²) >= 11 is 0. The summed E-state index contributed by atoms with van der Waals surface area (Å²) in [6, 6.07) is 94.6. The van der Waals surface area contributed by atoms with E-state index < -0.39 is 0 Å². The molecule has 18 rings (SSSR count). The quantitative estimate of drug-likeness (QED) is 0.166. The zero-order valence-corrected chi connectivity index (χ0v) is 40.2. The van der Waals surface area contributed by atoms with E-state index in [0.717, 1.165) is 0 Å². The van der Waals surface area contributed by atoms with Crippen LogP contribution in [0.4, 0.5) is 0 Å². The van der Waals surface area contributed by atoms with E-state index in [1.54, 1.807) is 0 Å². The molecule has 0 aromatic heterocycles. The average Bonchev–Trinajstić information content (AvgIpc) is 4.23. The van der Waals surface area contributed by atoms with E-state index in [1.165, 1.54) is 176 Å². The molecule has 0 atom stereocenters. The lowest BCUT2D eigenvalue weighted by molar-refractivity contribution is 1.66. The van der Waals surface area contributed by atoms with E-state index in [-0.39, 0.29) is 0 Å². The molecular formula is C74H42. The van der Waals surface area contributed by atoms with Gasteiger partial charge in [-0.05, 0) is 176 Å². The zero-order valence-electron chi connectivity index (χ0n) is 40.2. The van der Waals surface area contributed by atoms with E-state index in [1.807, 2.05) is 0 Å². The Kier molecular flexibility index (Phi) is 8.09. The first-order chi connectivity index (χ1) is 36.8. The maximum absolute atomic E-state index is 2.35. The van der Waals surface area contributed by atoms with Crippen LogP contribution in [0.25, 0.3) is 176 Å². The molecule has 0 N–H and O–H groups in total. The monoisotopic (exact) mass is 930 g/mol. The lowest BCUT2D eigenvalue weighted by atomic mass is 9.87. The fourth-order valence-electron chi connectivity index (χ4n) is 13.9. The van der Waals surface area contributed by atoms with E-state index in [2.05, 4.69) is 255 Å². The van der Waals surface area contributed by atoms with Gasteiger partial charge in [-0.25, -0.2) is 0 Å². The van der Waals surface area contributed by atoms with Gasteiger partial charge in [0.05, 0.1) is 0 Å². The molecule has 14 aromatic rings. The van der Waals surface area contributed by atoms with Gasteiger partial charge < -0.3 is 0 Å². The summed E-state index contributed by atoms with van der Waals surface area (Å²) in [4.78, 5) is 0. The van der Waals surface area contributed by atoms with Gasteiger partial charge in [0.15, 0.2) is 0 Å². The van der Waals surface area contributed by atoms with Gasteiger partial charge in [0.2, 0.25) is 0 Å². The van der Waals surface area contributed by atoms with Crippen molar-refractivity contribution < 1.29 is 0 Å². The summed E-state index contributed by atoms with van der Waals surface area (Å²) in [6.45, 7) is 0. The first kappa shape index (κ1) is 40.0. The van der Waals surface area contributed by atoms with E-state index in [9.17, 15) is 0 Å². The highest BCUT2D eigenvalue weighted by Gasteiger charge is 2.28. The van der Waals surface area contributed by atoms with Crippen LogP contribution < -0.4 is 0 Å². The lowest BCUT2D eigenvalue weighted by Gasteiger charge is -2.16. The highest BCUT2D eigenvalue weighted by atomic mass is 14.3. The van der Waals surface area contributed by atoms with Crippen molar-refractivity contribution in [3.8, 4) is 122 Å². The Bertz CT molecular complexity index is 4410. The molecule has 0 amide bonds. The molecule has 0 bridgehead atoms. The van der Waals surface area contributed by atoms with Crippen molar-refractivity contribution in [3.05, 3.63) is 255 Å². The predicted molar refractivity (Wildman–Crippen MR) is 314 cm³/mol. The Hall–Kier alpha value is -9.62. The first-order valence-corrected chi connectivity index (χ1v) is 25.9. The van der Waals surface area contributed by atoms with Gasteiger partial charge >= 0.3 is 0 Å². The van der Waals surface area contributed by atoms with Crippen molar-refractivity contribution in [2.75, 3.05) is 0 Å². The third kappa shape index (κ3) is 5.31. The van der Waals surface area contributed by atoms with Crippen LogP contribution in [0, 0.1) is 0 Å². The van der Waals surface area contributed by atoms with Crippen LogP contribution in [0.5, 0.6) is 0 Å². The van der Waals surface area contributed by atoms with Gasteiger partial charge in [-0.3, -0.25) is 0 Å². The summed E-state index contributed by atoms with van der Waals surface area (Å²) in [7, 11) is 0. The molecule has 14 aromatic carbocycles. The number of rotatable bonds is 3. The average molecular weight is 931 g/mol. The van der Waals surface area contributed by atoms with Crippen molar-refractivity contribution in [1.82, 2.24) is 0 Å². The van der Waals surface area contributed by atoms with Gasteiger partial charge in [-0.15, -0.1) is 0 Å². The molecule has 0 aliphatic heterocycles. The Morgan fingerprint density at radius 3 is 0.473 bits per heavy atom. The van der Waals surface area contributed by atoms with Crippen LogP contribution in [0.3, 0.4) is 0 Å². The molecule has 0 heterocycles. The fourth-order valence-corrected chi connectivity index (χ4v) is 13.9. The Morgan fingerprint density at radius 1 is 0.0946 bits per heavy atom. The summed E-state index contributed by atoms with van der Waals surface area (Å²) in [5.41, 5.74) is 29.3. The largest absolute Gasteiger partial charge is 0.0616 e.